The average Bonchev–Trinajstić information content (AvgIpc) is 2.65. The summed E-state index contributed by atoms with van der Waals surface area (Å²) in [7, 11) is -2.67. The Bertz CT molecular complexity index is 969. The van der Waals surface area contributed by atoms with Crippen LogP contribution in [0, 0.1) is 0 Å². The second-order valence-electron chi connectivity index (χ2n) is 5.27. The van der Waals surface area contributed by atoms with Crippen molar-refractivity contribution in [2.24, 2.45) is 5.14 Å². The zero-order chi connectivity index (χ0) is 20.0. The first-order valence-corrected chi connectivity index (χ1v) is 9.03. The highest BCUT2D eigenvalue weighted by Crippen LogP contribution is 2.14. The molecular weight excluding hydrogens is 376 g/mol. The van der Waals surface area contributed by atoms with Crippen molar-refractivity contribution in [1.29, 1.82) is 0 Å². The molecule has 0 saturated carbocycles. The van der Waals surface area contributed by atoms with Crippen molar-refractivity contribution in [1.82, 2.24) is 0 Å². The number of carbonyl (C=O) groups excluding carboxylic acids is 3. The zero-order valence-electron chi connectivity index (χ0n) is 14.2. The average molecular weight is 392 g/mol. The fourth-order valence-electron chi connectivity index (χ4n) is 2.02. The van der Waals surface area contributed by atoms with E-state index in [0.29, 0.717) is 0 Å². The highest BCUT2D eigenvalue weighted by Gasteiger charge is 2.13. The summed E-state index contributed by atoms with van der Waals surface area (Å²) in [6.45, 7) is -0.586. The van der Waals surface area contributed by atoms with Gasteiger partial charge in [0.05, 0.1) is 23.1 Å². The highest BCUT2D eigenvalue weighted by molar-refractivity contribution is 7.89. The minimum atomic E-state index is -3.90. The van der Waals surface area contributed by atoms with E-state index in [9.17, 15) is 22.8 Å². The first-order valence-electron chi connectivity index (χ1n) is 7.49. The lowest BCUT2D eigenvalue weighted by molar-refractivity contribution is -0.119. The van der Waals surface area contributed by atoms with Crippen molar-refractivity contribution in [3.05, 3.63) is 59.7 Å². The first kappa shape index (κ1) is 20.1. The van der Waals surface area contributed by atoms with Crippen LogP contribution < -0.4 is 10.5 Å². The number of anilines is 1. The molecule has 2 aromatic rings. The van der Waals surface area contributed by atoms with E-state index in [4.69, 9.17) is 9.88 Å². The molecule has 0 aromatic heterocycles. The Labute approximate surface area is 155 Å². The van der Waals surface area contributed by atoms with Crippen LogP contribution >= 0.6 is 0 Å². The summed E-state index contributed by atoms with van der Waals surface area (Å²) in [6.07, 6.45) is 0. The van der Waals surface area contributed by atoms with Crippen LogP contribution in [-0.4, -0.2) is 40.0 Å². The summed E-state index contributed by atoms with van der Waals surface area (Å²) in [6, 6.07) is 10.8. The molecule has 0 radical (unpaired) electrons. The van der Waals surface area contributed by atoms with Crippen LogP contribution in [-0.2, 0) is 24.3 Å². The molecule has 2 rings (SSSR count). The molecule has 27 heavy (non-hydrogen) atoms. The summed E-state index contributed by atoms with van der Waals surface area (Å²) in [5.74, 6) is -1.98. The van der Waals surface area contributed by atoms with Crippen LogP contribution in [0.5, 0.6) is 0 Å². The molecule has 2 aromatic carbocycles. The van der Waals surface area contributed by atoms with Crippen molar-refractivity contribution >= 4 is 33.6 Å². The van der Waals surface area contributed by atoms with Crippen LogP contribution in [0.2, 0.25) is 0 Å². The molecule has 9 nitrogen and oxygen atoms in total. The Morgan fingerprint density at radius 2 is 1.59 bits per heavy atom. The number of carbonyl (C=O) groups is 3. The van der Waals surface area contributed by atoms with E-state index in [1.54, 1.807) is 0 Å². The molecule has 0 bridgehead atoms. The van der Waals surface area contributed by atoms with Gasteiger partial charge in [-0.3, -0.25) is 4.79 Å². The number of esters is 2. The Morgan fingerprint density at radius 3 is 2.15 bits per heavy atom. The second kappa shape index (κ2) is 8.43. The van der Waals surface area contributed by atoms with Gasteiger partial charge in [0, 0.05) is 5.69 Å². The van der Waals surface area contributed by atoms with Crippen molar-refractivity contribution in [2.75, 3.05) is 19.0 Å². The lowest BCUT2D eigenvalue weighted by Gasteiger charge is -2.08. The number of hydrogen-bond donors (Lipinski definition) is 2. The number of sulfonamides is 1. The summed E-state index contributed by atoms with van der Waals surface area (Å²) in [5.41, 5.74) is 0.596. The van der Waals surface area contributed by atoms with Crippen molar-refractivity contribution in [2.45, 2.75) is 4.90 Å². The number of ether oxygens (including phenoxy) is 2. The third kappa shape index (κ3) is 5.62. The van der Waals surface area contributed by atoms with Crippen molar-refractivity contribution in [3.63, 3.8) is 0 Å². The minimum Gasteiger partial charge on any atom is -0.465 e. The largest absolute Gasteiger partial charge is 0.465 e. The molecule has 0 saturated heterocycles. The third-order valence-electron chi connectivity index (χ3n) is 3.32. The lowest BCUT2D eigenvalue weighted by Crippen LogP contribution is -2.21. The monoisotopic (exact) mass is 392 g/mol. The number of amides is 1. The van der Waals surface area contributed by atoms with Crippen molar-refractivity contribution < 1.29 is 32.3 Å². The maximum absolute atomic E-state index is 11.9. The number of rotatable bonds is 6. The topological polar surface area (TPSA) is 142 Å². The SMILES string of the molecule is COC(=O)c1ccc(C(=O)OCC(=O)Nc2cccc(S(N)(=O)=O)c2)cc1. The molecule has 0 atom stereocenters. The van der Waals surface area contributed by atoms with Gasteiger partial charge in [0.15, 0.2) is 6.61 Å². The molecule has 10 heteroatoms. The molecule has 0 spiro atoms. The summed E-state index contributed by atoms with van der Waals surface area (Å²) >= 11 is 0. The van der Waals surface area contributed by atoms with Crippen molar-refractivity contribution in [3.8, 4) is 0 Å². The Kier molecular flexibility index (Phi) is 6.27. The van der Waals surface area contributed by atoms with Crippen LogP contribution in [0.3, 0.4) is 0 Å². The molecule has 0 aliphatic carbocycles. The number of nitrogens with one attached hydrogen (secondary N) is 1. The smallest absolute Gasteiger partial charge is 0.338 e. The maximum atomic E-state index is 11.9. The van der Waals surface area contributed by atoms with Gasteiger partial charge < -0.3 is 14.8 Å². The van der Waals surface area contributed by atoms with Crippen LogP contribution in [0.15, 0.2) is 53.4 Å². The van der Waals surface area contributed by atoms with E-state index in [1.807, 2.05) is 0 Å². The van der Waals surface area contributed by atoms with Gasteiger partial charge in [-0.2, -0.15) is 0 Å². The van der Waals surface area contributed by atoms with Crippen LogP contribution in [0.4, 0.5) is 5.69 Å². The standard InChI is InChI=1S/C17H16N2O7S/c1-25-16(21)11-5-7-12(8-6-11)17(22)26-10-15(20)19-13-3-2-4-14(9-13)27(18,23)24/h2-9H,10H2,1H3,(H,19,20)(H2,18,23,24). The van der Waals surface area contributed by atoms with Gasteiger partial charge in [-0.15, -0.1) is 0 Å². The normalized spacial score (nSPS) is 10.7. The Hall–Kier alpha value is -3.24. The predicted molar refractivity (Wildman–Crippen MR) is 94.5 cm³/mol. The first-order chi connectivity index (χ1) is 12.7. The van der Waals surface area contributed by atoms with E-state index < -0.39 is 34.5 Å². The molecule has 0 aliphatic rings. The number of nitrogens with two attached hydrogens (primary N) is 1. The van der Waals surface area contributed by atoms with Gasteiger partial charge >= 0.3 is 11.9 Å². The second-order valence-corrected chi connectivity index (χ2v) is 6.83. The quantitative estimate of drug-likeness (QED) is 0.696. The summed E-state index contributed by atoms with van der Waals surface area (Å²) in [5, 5.41) is 7.41. The maximum Gasteiger partial charge on any atom is 0.338 e. The Balaban J connectivity index is 1.93. The van der Waals surface area contributed by atoms with E-state index in [-0.39, 0.29) is 21.7 Å². The molecule has 0 unspecified atom stereocenters. The number of hydrogen-bond acceptors (Lipinski definition) is 7. The Morgan fingerprint density at radius 1 is 1.00 bits per heavy atom. The molecule has 142 valence electrons. The molecule has 0 fully saturated rings. The number of benzene rings is 2. The lowest BCUT2D eigenvalue weighted by atomic mass is 10.1. The minimum absolute atomic E-state index is 0.145. The summed E-state index contributed by atoms with van der Waals surface area (Å²) < 4.78 is 32.0. The zero-order valence-corrected chi connectivity index (χ0v) is 15.0. The molecule has 0 aliphatic heterocycles. The van der Waals surface area contributed by atoms with Gasteiger partial charge in [0.25, 0.3) is 5.91 Å². The van der Waals surface area contributed by atoms with E-state index >= 15 is 0 Å². The van der Waals surface area contributed by atoms with E-state index in [1.165, 1.54) is 55.6 Å². The number of methoxy groups -OCH3 is 1. The van der Waals surface area contributed by atoms with Gasteiger partial charge in [-0.25, -0.2) is 23.1 Å². The van der Waals surface area contributed by atoms with Crippen LogP contribution in [0.25, 0.3) is 0 Å². The molecule has 0 heterocycles. The fourth-order valence-corrected chi connectivity index (χ4v) is 2.58. The van der Waals surface area contributed by atoms with Gasteiger partial charge in [0.2, 0.25) is 10.0 Å². The highest BCUT2D eigenvalue weighted by atomic mass is 32.2. The number of primary sulfonamides is 1. The molecular formula is C17H16N2O7S. The van der Waals surface area contributed by atoms with E-state index in [2.05, 4.69) is 10.1 Å². The third-order valence-corrected chi connectivity index (χ3v) is 4.23. The summed E-state index contributed by atoms with van der Waals surface area (Å²) in [4.78, 5) is 35.0. The van der Waals surface area contributed by atoms with Gasteiger partial charge in [0.1, 0.15) is 0 Å². The molecule has 3 N–H and O–H groups in total. The van der Waals surface area contributed by atoms with E-state index in [0.717, 1.165) is 0 Å². The van der Waals surface area contributed by atoms with Gasteiger partial charge in [-0.1, -0.05) is 6.07 Å². The predicted octanol–water partition coefficient (Wildman–Crippen LogP) is 0.916. The van der Waals surface area contributed by atoms with Gasteiger partial charge in [-0.05, 0) is 42.5 Å². The molecule has 1 amide bonds. The van der Waals surface area contributed by atoms with Crippen LogP contribution in [0.1, 0.15) is 20.7 Å². The fraction of sp³-hybridized carbons (Fsp3) is 0.118.